The van der Waals surface area contributed by atoms with Gasteiger partial charge in [-0.2, -0.15) is 5.26 Å². The first-order valence-corrected chi connectivity index (χ1v) is 6.11. The molecule has 0 radical (unpaired) electrons. The Balaban J connectivity index is 2.31. The van der Waals surface area contributed by atoms with Crippen molar-refractivity contribution >= 4 is 5.91 Å². The molecule has 2 aromatic carbocycles. The van der Waals surface area contributed by atoms with E-state index in [9.17, 15) is 14.4 Å². The van der Waals surface area contributed by atoms with Gasteiger partial charge in [-0.05, 0) is 17.7 Å². The summed E-state index contributed by atoms with van der Waals surface area (Å²) in [6.45, 7) is 0. The zero-order chi connectivity index (χ0) is 14.5. The molecule has 0 aliphatic carbocycles. The van der Waals surface area contributed by atoms with Gasteiger partial charge < -0.3 is 4.90 Å². The average molecular weight is 268 g/mol. The molecule has 1 unspecified atom stereocenters. The van der Waals surface area contributed by atoms with Crippen molar-refractivity contribution in [3.63, 3.8) is 0 Å². The summed E-state index contributed by atoms with van der Waals surface area (Å²) in [6, 6.07) is 16.0. The number of halogens is 1. The van der Waals surface area contributed by atoms with Crippen LogP contribution in [0.1, 0.15) is 22.0 Å². The Labute approximate surface area is 116 Å². The molecule has 1 atom stereocenters. The lowest BCUT2D eigenvalue weighted by Crippen LogP contribution is -2.31. The quantitative estimate of drug-likeness (QED) is 0.858. The number of hydrogen-bond acceptors (Lipinski definition) is 2. The van der Waals surface area contributed by atoms with Gasteiger partial charge >= 0.3 is 0 Å². The summed E-state index contributed by atoms with van der Waals surface area (Å²) in [5.41, 5.74) is 0.661. The van der Waals surface area contributed by atoms with Crippen LogP contribution in [0.4, 0.5) is 4.39 Å². The first kappa shape index (κ1) is 13.8. The molecule has 0 aliphatic heterocycles. The highest BCUT2D eigenvalue weighted by molar-refractivity contribution is 5.94. The van der Waals surface area contributed by atoms with Crippen molar-refractivity contribution in [2.45, 2.75) is 6.04 Å². The molecule has 0 aromatic heterocycles. The van der Waals surface area contributed by atoms with E-state index in [1.165, 1.54) is 30.1 Å². The van der Waals surface area contributed by atoms with Crippen LogP contribution < -0.4 is 0 Å². The Morgan fingerprint density at radius 2 is 1.75 bits per heavy atom. The second-order valence-electron chi connectivity index (χ2n) is 4.34. The van der Waals surface area contributed by atoms with Crippen molar-refractivity contribution in [3.8, 4) is 6.07 Å². The summed E-state index contributed by atoms with van der Waals surface area (Å²) in [5.74, 6) is -1.10. The number of nitrogens with zero attached hydrogens (tertiary/aromatic N) is 2. The molecule has 100 valence electrons. The van der Waals surface area contributed by atoms with E-state index < -0.39 is 17.8 Å². The first-order valence-electron chi connectivity index (χ1n) is 6.11. The minimum Gasteiger partial charge on any atom is -0.322 e. The Hall–Kier alpha value is -2.67. The van der Waals surface area contributed by atoms with Gasteiger partial charge in [0.15, 0.2) is 0 Å². The van der Waals surface area contributed by atoms with Gasteiger partial charge in [0.25, 0.3) is 5.91 Å². The molecule has 0 heterocycles. The molecule has 1 amide bonds. The number of carbonyl (C=O) groups excluding carboxylic acids is 1. The SMILES string of the molecule is CN(C(=O)c1ccccc1F)C(C#N)c1ccccc1. The largest absolute Gasteiger partial charge is 0.322 e. The minimum absolute atomic E-state index is 0.0359. The highest BCUT2D eigenvalue weighted by Crippen LogP contribution is 2.21. The van der Waals surface area contributed by atoms with Crippen LogP contribution in [0.2, 0.25) is 0 Å². The molecule has 0 aliphatic rings. The van der Waals surface area contributed by atoms with Crippen LogP contribution in [0.5, 0.6) is 0 Å². The van der Waals surface area contributed by atoms with Crippen molar-refractivity contribution in [1.29, 1.82) is 5.26 Å². The topological polar surface area (TPSA) is 44.1 Å². The zero-order valence-electron chi connectivity index (χ0n) is 11.0. The molecule has 3 nitrogen and oxygen atoms in total. The molecular formula is C16H13FN2O. The van der Waals surface area contributed by atoms with Gasteiger partial charge in [0.2, 0.25) is 0 Å². The van der Waals surface area contributed by atoms with Gasteiger partial charge in [-0.3, -0.25) is 4.79 Å². The monoisotopic (exact) mass is 268 g/mol. The fraction of sp³-hybridized carbons (Fsp3) is 0.125. The summed E-state index contributed by atoms with van der Waals surface area (Å²) in [7, 11) is 1.50. The lowest BCUT2D eigenvalue weighted by Gasteiger charge is -2.23. The number of rotatable bonds is 3. The molecule has 0 spiro atoms. The third kappa shape index (κ3) is 2.67. The number of benzene rings is 2. The summed E-state index contributed by atoms with van der Waals surface area (Å²) in [4.78, 5) is 13.5. The van der Waals surface area contributed by atoms with E-state index in [1.807, 2.05) is 6.07 Å². The van der Waals surface area contributed by atoms with Gasteiger partial charge in [0, 0.05) is 7.05 Å². The van der Waals surface area contributed by atoms with E-state index in [4.69, 9.17) is 0 Å². The molecule has 20 heavy (non-hydrogen) atoms. The molecule has 0 saturated carbocycles. The van der Waals surface area contributed by atoms with E-state index in [1.54, 1.807) is 30.3 Å². The van der Waals surface area contributed by atoms with Gasteiger partial charge in [0.05, 0.1) is 11.6 Å². The Bertz CT molecular complexity index is 649. The second kappa shape index (κ2) is 5.98. The molecule has 0 fully saturated rings. The minimum atomic E-state index is -0.747. The van der Waals surface area contributed by atoms with Crippen molar-refractivity contribution in [2.75, 3.05) is 7.05 Å². The molecule has 2 rings (SSSR count). The van der Waals surface area contributed by atoms with Gasteiger partial charge in [-0.25, -0.2) is 4.39 Å². The molecule has 0 saturated heterocycles. The van der Waals surface area contributed by atoms with E-state index in [-0.39, 0.29) is 5.56 Å². The van der Waals surface area contributed by atoms with E-state index in [0.717, 1.165) is 0 Å². The van der Waals surface area contributed by atoms with Gasteiger partial charge in [-0.1, -0.05) is 42.5 Å². The highest BCUT2D eigenvalue weighted by Gasteiger charge is 2.24. The van der Waals surface area contributed by atoms with Crippen LogP contribution in [0.15, 0.2) is 54.6 Å². The lowest BCUT2D eigenvalue weighted by atomic mass is 10.1. The Kier molecular flexibility index (Phi) is 4.11. The van der Waals surface area contributed by atoms with Crippen LogP contribution in [0, 0.1) is 17.1 Å². The van der Waals surface area contributed by atoms with Crippen molar-refractivity contribution in [1.82, 2.24) is 4.90 Å². The molecule has 2 aromatic rings. The van der Waals surface area contributed by atoms with E-state index >= 15 is 0 Å². The van der Waals surface area contributed by atoms with Gasteiger partial charge in [-0.15, -0.1) is 0 Å². The van der Waals surface area contributed by atoms with Crippen molar-refractivity contribution in [3.05, 3.63) is 71.5 Å². The average Bonchev–Trinajstić information content (AvgIpc) is 2.49. The maximum Gasteiger partial charge on any atom is 0.257 e. The zero-order valence-corrected chi connectivity index (χ0v) is 11.0. The molecule has 0 bridgehead atoms. The van der Waals surface area contributed by atoms with Crippen LogP contribution in [0.3, 0.4) is 0 Å². The molecular weight excluding hydrogens is 255 g/mol. The standard InChI is InChI=1S/C16H13FN2O/c1-19(15(11-18)12-7-3-2-4-8-12)16(20)13-9-5-6-10-14(13)17/h2-10,15H,1H3. The van der Waals surface area contributed by atoms with Crippen LogP contribution in [-0.4, -0.2) is 17.9 Å². The number of carbonyl (C=O) groups is 1. The fourth-order valence-corrected chi connectivity index (χ4v) is 1.96. The van der Waals surface area contributed by atoms with Crippen LogP contribution in [0.25, 0.3) is 0 Å². The van der Waals surface area contributed by atoms with Gasteiger partial charge in [0.1, 0.15) is 11.9 Å². The predicted octanol–water partition coefficient (Wildman–Crippen LogP) is 3.16. The third-order valence-corrected chi connectivity index (χ3v) is 3.05. The summed E-state index contributed by atoms with van der Waals surface area (Å²) >= 11 is 0. The number of hydrogen-bond donors (Lipinski definition) is 0. The molecule has 4 heteroatoms. The fourth-order valence-electron chi connectivity index (χ4n) is 1.96. The van der Waals surface area contributed by atoms with E-state index in [2.05, 4.69) is 6.07 Å². The Morgan fingerprint density at radius 3 is 2.35 bits per heavy atom. The smallest absolute Gasteiger partial charge is 0.257 e. The third-order valence-electron chi connectivity index (χ3n) is 3.05. The molecule has 0 N–H and O–H groups in total. The summed E-state index contributed by atoms with van der Waals surface area (Å²) in [5, 5.41) is 9.28. The summed E-state index contributed by atoms with van der Waals surface area (Å²) in [6.07, 6.45) is 0. The number of amides is 1. The maximum atomic E-state index is 13.6. The second-order valence-corrected chi connectivity index (χ2v) is 4.34. The summed E-state index contributed by atoms with van der Waals surface area (Å²) < 4.78 is 13.6. The van der Waals surface area contributed by atoms with Crippen molar-refractivity contribution in [2.24, 2.45) is 0 Å². The van der Waals surface area contributed by atoms with Crippen LogP contribution >= 0.6 is 0 Å². The maximum absolute atomic E-state index is 13.6. The Morgan fingerprint density at radius 1 is 1.15 bits per heavy atom. The normalized spacial score (nSPS) is 11.4. The van der Waals surface area contributed by atoms with Crippen molar-refractivity contribution < 1.29 is 9.18 Å². The lowest BCUT2D eigenvalue weighted by molar-refractivity contribution is 0.0758. The van der Waals surface area contributed by atoms with E-state index in [0.29, 0.717) is 5.56 Å². The highest BCUT2D eigenvalue weighted by atomic mass is 19.1. The van der Waals surface area contributed by atoms with Crippen LogP contribution in [-0.2, 0) is 0 Å². The number of nitriles is 1. The first-order chi connectivity index (χ1) is 9.65. The predicted molar refractivity (Wildman–Crippen MR) is 73.3 cm³/mol.